The standard InChI is InChI=1S/C49H57N3OSi/c1-30(2)41-28-43-38-17-13-12-16-37(38)39-21-19-36-24-31(3)46-40-20-18-32(4)50-49(40)53-48(46)47(36)44-27-35(26-34-14-10-9-11-15-34)22-23-51(44)33(5)25-42(39)52(43)29-45(41)54(6,7)8/h12-13,16-18,20,22-24,27-30,34,39,42H,5,9-11,14-15,19,21,25-26H2,1-4,6-8H3/q+2. The number of aryl methyl sites for hydroxylation is 3. The molecule has 0 saturated heterocycles. The smallest absolute Gasteiger partial charge is 0.227 e. The van der Waals surface area contributed by atoms with Gasteiger partial charge >= 0.3 is 0 Å². The van der Waals surface area contributed by atoms with Gasteiger partial charge in [0.2, 0.25) is 17.1 Å². The van der Waals surface area contributed by atoms with Crippen molar-refractivity contribution >= 4 is 41.0 Å². The minimum absolute atomic E-state index is 0.255. The first-order chi connectivity index (χ1) is 26.0. The first-order valence-electron chi connectivity index (χ1n) is 20.7. The van der Waals surface area contributed by atoms with Crippen LogP contribution in [0.25, 0.3) is 50.3 Å². The molecule has 1 aliphatic carbocycles. The highest BCUT2D eigenvalue weighted by Crippen LogP contribution is 2.46. The SMILES string of the molecule is C=C1CC2C(CCc3cc(C)c4c(oc5nc(C)ccc54)c3-c3cc(CC4CCCCC4)cc[n+]31)c1ccccc1-c1cc(C(C)C)c([Si](C)(C)C)c[n+]12. The lowest BCUT2D eigenvalue weighted by molar-refractivity contribution is -0.719. The van der Waals surface area contributed by atoms with Gasteiger partial charge in [-0.1, -0.05) is 89.9 Å². The molecule has 3 aliphatic rings. The number of nitrogens with zero attached hydrogens (tertiary/aromatic N) is 3. The molecule has 2 aliphatic heterocycles. The molecule has 4 nitrogen and oxygen atoms in total. The van der Waals surface area contributed by atoms with Crippen molar-refractivity contribution in [2.24, 2.45) is 5.92 Å². The number of rotatable bonds is 4. The minimum Gasteiger partial charge on any atom is -0.437 e. The molecule has 0 bridgehead atoms. The van der Waals surface area contributed by atoms with Gasteiger partial charge in [0, 0.05) is 51.3 Å². The topological polar surface area (TPSA) is 33.8 Å². The number of allylic oxidation sites excluding steroid dienone is 1. The van der Waals surface area contributed by atoms with Crippen LogP contribution in [0.1, 0.15) is 110 Å². The van der Waals surface area contributed by atoms with Gasteiger partial charge in [0.05, 0.1) is 20.1 Å². The summed E-state index contributed by atoms with van der Waals surface area (Å²) in [5.74, 6) is 1.57. The van der Waals surface area contributed by atoms with E-state index in [4.69, 9.17) is 16.0 Å². The van der Waals surface area contributed by atoms with E-state index in [1.165, 1.54) is 87.8 Å². The van der Waals surface area contributed by atoms with E-state index in [-0.39, 0.29) is 6.04 Å². The number of hydrogen-bond donors (Lipinski definition) is 0. The Morgan fingerprint density at radius 2 is 1.72 bits per heavy atom. The highest BCUT2D eigenvalue weighted by Gasteiger charge is 2.44. The molecule has 2 unspecified atom stereocenters. The third-order valence-electron chi connectivity index (χ3n) is 13.1. The largest absolute Gasteiger partial charge is 0.437 e. The van der Waals surface area contributed by atoms with E-state index in [1.54, 1.807) is 5.19 Å². The van der Waals surface area contributed by atoms with Crippen molar-refractivity contribution in [2.75, 3.05) is 0 Å². The molecular weight excluding hydrogens is 675 g/mol. The third-order valence-corrected chi connectivity index (χ3v) is 15.1. The molecule has 9 rings (SSSR count). The summed E-state index contributed by atoms with van der Waals surface area (Å²) in [6.07, 6.45) is 15.7. The van der Waals surface area contributed by atoms with Gasteiger partial charge in [-0.15, -0.1) is 0 Å². The van der Waals surface area contributed by atoms with Crippen LogP contribution in [-0.2, 0) is 12.8 Å². The zero-order valence-corrected chi connectivity index (χ0v) is 34.6. The molecule has 54 heavy (non-hydrogen) atoms. The Morgan fingerprint density at radius 1 is 0.926 bits per heavy atom. The normalized spacial score (nSPS) is 19.0. The number of fused-ring (bicyclic) bond motifs is 13. The lowest BCUT2D eigenvalue weighted by atomic mass is 9.77. The third kappa shape index (κ3) is 5.98. The van der Waals surface area contributed by atoms with E-state index in [0.717, 1.165) is 59.7 Å². The second kappa shape index (κ2) is 13.4. The van der Waals surface area contributed by atoms with Gasteiger partial charge in [-0.2, -0.15) is 9.13 Å². The fraction of sp³-hybridized carbons (Fsp3) is 0.408. The van der Waals surface area contributed by atoms with Crippen LogP contribution >= 0.6 is 0 Å². The quantitative estimate of drug-likeness (QED) is 0.134. The monoisotopic (exact) mass is 731 g/mol. The Hall–Kier alpha value is -4.35. The van der Waals surface area contributed by atoms with Crippen molar-refractivity contribution in [1.82, 2.24) is 4.98 Å². The Bertz CT molecular complexity index is 2460. The Balaban J connectivity index is 1.28. The summed E-state index contributed by atoms with van der Waals surface area (Å²) < 4.78 is 12.0. The second-order valence-corrected chi connectivity index (χ2v) is 23.3. The lowest BCUT2D eigenvalue weighted by Crippen LogP contribution is -2.54. The summed E-state index contributed by atoms with van der Waals surface area (Å²) in [6, 6.07) is 23.7. The average Bonchev–Trinajstić information content (AvgIpc) is 3.52. The van der Waals surface area contributed by atoms with Crippen molar-refractivity contribution in [3.05, 3.63) is 113 Å². The van der Waals surface area contributed by atoms with E-state index in [1.807, 2.05) is 0 Å². The summed E-state index contributed by atoms with van der Waals surface area (Å²) >= 11 is 0. The van der Waals surface area contributed by atoms with Gasteiger partial charge in [0.15, 0.2) is 29.7 Å². The van der Waals surface area contributed by atoms with Crippen molar-refractivity contribution in [1.29, 1.82) is 0 Å². The zero-order chi connectivity index (χ0) is 37.5. The van der Waals surface area contributed by atoms with E-state index < -0.39 is 8.07 Å². The maximum atomic E-state index is 6.89. The van der Waals surface area contributed by atoms with Gasteiger partial charge in [-0.05, 0) is 97.5 Å². The van der Waals surface area contributed by atoms with E-state index in [0.29, 0.717) is 11.8 Å². The summed E-state index contributed by atoms with van der Waals surface area (Å²) in [4.78, 5) is 4.89. The van der Waals surface area contributed by atoms with Crippen LogP contribution in [0.4, 0.5) is 0 Å². The van der Waals surface area contributed by atoms with Crippen molar-refractivity contribution < 1.29 is 13.6 Å². The van der Waals surface area contributed by atoms with E-state index in [9.17, 15) is 0 Å². The van der Waals surface area contributed by atoms with Crippen molar-refractivity contribution in [3.8, 4) is 22.5 Å². The van der Waals surface area contributed by atoms with Crippen LogP contribution in [0.5, 0.6) is 0 Å². The number of furan rings is 1. The first kappa shape index (κ1) is 35.4. The van der Waals surface area contributed by atoms with Gasteiger partial charge in [-0.3, -0.25) is 0 Å². The predicted octanol–water partition coefficient (Wildman–Crippen LogP) is 11.4. The Labute approximate surface area is 323 Å². The summed E-state index contributed by atoms with van der Waals surface area (Å²) in [5.41, 5.74) is 16.0. The van der Waals surface area contributed by atoms with Gasteiger partial charge in [0.1, 0.15) is 0 Å². The predicted molar refractivity (Wildman–Crippen MR) is 226 cm³/mol. The second-order valence-electron chi connectivity index (χ2n) is 18.2. The number of aromatic nitrogens is 3. The van der Waals surface area contributed by atoms with Crippen LogP contribution in [0.2, 0.25) is 19.6 Å². The molecule has 2 atom stereocenters. The molecule has 0 N–H and O–H groups in total. The number of benzene rings is 2. The molecule has 5 heteroatoms. The number of hydrogen-bond acceptors (Lipinski definition) is 2. The van der Waals surface area contributed by atoms with Crippen molar-refractivity contribution in [3.63, 3.8) is 0 Å². The molecule has 0 spiro atoms. The molecule has 0 radical (unpaired) electrons. The van der Waals surface area contributed by atoms with Crippen LogP contribution in [0.3, 0.4) is 0 Å². The maximum absolute atomic E-state index is 6.89. The molecule has 1 fully saturated rings. The van der Waals surface area contributed by atoms with Crippen LogP contribution in [-0.4, -0.2) is 13.1 Å². The van der Waals surface area contributed by atoms with Gasteiger partial charge in [0.25, 0.3) is 0 Å². The zero-order valence-electron chi connectivity index (χ0n) is 33.6. The Morgan fingerprint density at radius 3 is 2.50 bits per heavy atom. The van der Waals surface area contributed by atoms with E-state index >= 15 is 0 Å². The fourth-order valence-electron chi connectivity index (χ4n) is 10.4. The maximum Gasteiger partial charge on any atom is 0.227 e. The first-order valence-corrected chi connectivity index (χ1v) is 24.2. The average molecular weight is 732 g/mol. The van der Waals surface area contributed by atoms with Crippen LogP contribution in [0.15, 0.2) is 84.1 Å². The molecule has 0 amide bonds. The van der Waals surface area contributed by atoms with Gasteiger partial charge in [-0.25, -0.2) is 4.98 Å². The summed E-state index contributed by atoms with van der Waals surface area (Å²) in [5, 5.41) is 3.87. The Kier molecular flexibility index (Phi) is 8.80. The molecule has 2 aromatic carbocycles. The molecule has 6 heterocycles. The molecular formula is C49H57N3OSi+2. The molecule has 1 saturated carbocycles. The highest BCUT2D eigenvalue weighted by atomic mass is 28.3. The summed E-state index contributed by atoms with van der Waals surface area (Å²) in [7, 11) is -1.65. The molecule has 276 valence electrons. The fourth-order valence-corrected chi connectivity index (χ4v) is 12.2. The summed E-state index contributed by atoms with van der Waals surface area (Å²) in [6.45, 7) is 21.5. The molecule has 4 aromatic heterocycles. The minimum atomic E-state index is -1.65. The van der Waals surface area contributed by atoms with Crippen LogP contribution in [0, 0.1) is 19.8 Å². The highest BCUT2D eigenvalue weighted by molar-refractivity contribution is 6.89. The lowest BCUT2D eigenvalue weighted by Gasteiger charge is -2.33. The van der Waals surface area contributed by atoms with Crippen LogP contribution < -0.4 is 14.3 Å². The molecule has 6 aromatic rings. The van der Waals surface area contributed by atoms with Gasteiger partial charge < -0.3 is 4.42 Å². The number of pyridine rings is 3. The van der Waals surface area contributed by atoms with Crippen molar-refractivity contribution in [2.45, 2.75) is 123 Å². The van der Waals surface area contributed by atoms with E-state index in [2.05, 4.69) is 130 Å².